The Kier molecular flexibility index (Phi) is 5.93. The molecule has 2 heterocycles. The van der Waals surface area contributed by atoms with E-state index in [9.17, 15) is 4.39 Å². The zero-order valence-corrected chi connectivity index (χ0v) is 14.8. The van der Waals surface area contributed by atoms with Crippen molar-refractivity contribution in [1.82, 2.24) is 10.2 Å². The minimum absolute atomic E-state index is 0.239. The summed E-state index contributed by atoms with van der Waals surface area (Å²) >= 11 is 4.65. The second kappa shape index (κ2) is 8.14. The quantitative estimate of drug-likeness (QED) is 0.716. The lowest BCUT2D eigenvalue weighted by Crippen LogP contribution is -2.17. The molecule has 1 aliphatic heterocycles. The summed E-state index contributed by atoms with van der Waals surface area (Å²) in [5.74, 6) is -0.309. The van der Waals surface area contributed by atoms with Gasteiger partial charge < -0.3 is 14.8 Å². The van der Waals surface area contributed by atoms with Crippen molar-refractivity contribution in [3.05, 3.63) is 28.5 Å². The van der Waals surface area contributed by atoms with Crippen LogP contribution in [0.5, 0.6) is 0 Å². The van der Waals surface area contributed by atoms with Crippen LogP contribution in [0, 0.1) is 5.82 Å². The van der Waals surface area contributed by atoms with Crippen LogP contribution in [0.2, 0.25) is 0 Å². The van der Waals surface area contributed by atoms with Gasteiger partial charge >= 0.3 is 0 Å². The van der Waals surface area contributed by atoms with Crippen LogP contribution in [0.1, 0.15) is 12.8 Å². The molecule has 1 fully saturated rings. The SMILES string of the molecule is Fc1ccc(Br)cc1-c1nnc(NCCOCC2CCCO2)s1. The van der Waals surface area contributed by atoms with Crippen molar-refractivity contribution in [2.75, 3.05) is 31.7 Å². The molecule has 0 radical (unpaired) electrons. The lowest BCUT2D eigenvalue weighted by atomic mass is 10.2. The Labute approximate surface area is 146 Å². The van der Waals surface area contributed by atoms with Gasteiger partial charge in [0.2, 0.25) is 5.13 Å². The molecule has 1 atom stereocenters. The van der Waals surface area contributed by atoms with Crippen LogP contribution >= 0.6 is 27.3 Å². The average Bonchev–Trinajstić information content (AvgIpc) is 3.21. The second-order valence-corrected chi connectivity index (χ2v) is 7.07. The zero-order chi connectivity index (χ0) is 16.1. The van der Waals surface area contributed by atoms with Gasteiger partial charge in [0.1, 0.15) is 5.82 Å². The molecule has 0 bridgehead atoms. The average molecular weight is 402 g/mol. The molecular weight excluding hydrogens is 385 g/mol. The van der Waals surface area contributed by atoms with Crippen molar-refractivity contribution in [2.45, 2.75) is 18.9 Å². The van der Waals surface area contributed by atoms with Crippen LogP contribution in [0.25, 0.3) is 10.6 Å². The lowest BCUT2D eigenvalue weighted by molar-refractivity contribution is 0.0206. The Balaban J connectivity index is 1.46. The number of aromatic nitrogens is 2. The molecule has 5 nitrogen and oxygen atoms in total. The Morgan fingerprint density at radius 2 is 2.35 bits per heavy atom. The zero-order valence-electron chi connectivity index (χ0n) is 12.4. The summed E-state index contributed by atoms with van der Waals surface area (Å²) in [6.07, 6.45) is 2.43. The number of ether oxygens (including phenoxy) is 2. The van der Waals surface area contributed by atoms with Gasteiger partial charge in [0.05, 0.1) is 19.3 Å². The van der Waals surface area contributed by atoms with E-state index in [2.05, 4.69) is 31.4 Å². The molecule has 1 N–H and O–H groups in total. The number of anilines is 1. The monoisotopic (exact) mass is 401 g/mol. The molecule has 0 saturated carbocycles. The first-order chi connectivity index (χ1) is 11.2. The second-order valence-electron chi connectivity index (χ2n) is 5.17. The maximum atomic E-state index is 13.8. The van der Waals surface area contributed by atoms with Crippen molar-refractivity contribution in [1.29, 1.82) is 0 Å². The minimum Gasteiger partial charge on any atom is -0.377 e. The van der Waals surface area contributed by atoms with E-state index in [1.165, 1.54) is 17.4 Å². The highest BCUT2D eigenvalue weighted by Crippen LogP contribution is 2.30. The molecule has 1 unspecified atom stereocenters. The van der Waals surface area contributed by atoms with Crippen LogP contribution in [0.3, 0.4) is 0 Å². The van der Waals surface area contributed by atoms with Gasteiger partial charge in [-0.05, 0) is 31.0 Å². The first kappa shape index (κ1) is 16.8. The third-order valence-electron chi connectivity index (χ3n) is 3.43. The van der Waals surface area contributed by atoms with E-state index in [1.54, 1.807) is 12.1 Å². The first-order valence-corrected chi connectivity index (χ1v) is 9.05. The Morgan fingerprint density at radius 1 is 1.43 bits per heavy atom. The van der Waals surface area contributed by atoms with E-state index in [1.807, 2.05) is 0 Å². The third kappa shape index (κ3) is 4.69. The maximum Gasteiger partial charge on any atom is 0.206 e. The topological polar surface area (TPSA) is 56.3 Å². The molecule has 1 aliphatic rings. The molecule has 1 aromatic heterocycles. The molecule has 1 saturated heterocycles. The van der Waals surface area contributed by atoms with Crippen molar-refractivity contribution in [3.63, 3.8) is 0 Å². The molecule has 0 aliphatic carbocycles. The molecule has 3 rings (SSSR count). The van der Waals surface area contributed by atoms with Crippen molar-refractivity contribution < 1.29 is 13.9 Å². The largest absolute Gasteiger partial charge is 0.377 e. The van der Waals surface area contributed by atoms with Gasteiger partial charge in [0, 0.05) is 23.2 Å². The summed E-state index contributed by atoms with van der Waals surface area (Å²) in [5.41, 5.74) is 0.444. The first-order valence-electron chi connectivity index (χ1n) is 7.44. The molecule has 1 aromatic carbocycles. The van der Waals surface area contributed by atoms with Crippen LogP contribution in [0.15, 0.2) is 22.7 Å². The molecule has 23 heavy (non-hydrogen) atoms. The number of hydrogen-bond donors (Lipinski definition) is 1. The number of benzene rings is 1. The minimum atomic E-state index is -0.309. The summed E-state index contributed by atoms with van der Waals surface area (Å²) < 4.78 is 25.7. The highest BCUT2D eigenvalue weighted by atomic mass is 79.9. The van der Waals surface area contributed by atoms with E-state index >= 15 is 0 Å². The van der Waals surface area contributed by atoms with Crippen LogP contribution < -0.4 is 5.32 Å². The molecule has 124 valence electrons. The van der Waals surface area contributed by atoms with E-state index in [0.29, 0.717) is 35.5 Å². The number of rotatable bonds is 7. The van der Waals surface area contributed by atoms with E-state index in [-0.39, 0.29) is 11.9 Å². The van der Waals surface area contributed by atoms with Crippen molar-refractivity contribution >= 4 is 32.4 Å². The summed E-state index contributed by atoms with van der Waals surface area (Å²) in [7, 11) is 0. The van der Waals surface area contributed by atoms with Crippen LogP contribution in [-0.4, -0.2) is 42.7 Å². The third-order valence-corrected chi connectivity index (χ3v) is 4.84. The van der Waals surface area contributed by atoms with Gasteiger partial charge in [0.25, 0.3) is 0 Å². The van der Waals surface area contributed by atoms with Gasteiger partial charge in [-0.1, -0.05) is 27.3 Å². The van der Waals surface area contributed by atoms with Crippen LogP contribution in [0.4, 0.5) is 9.52 Å². The normalized spacial score (nSPS) is 17.6. The standard InChI is InChI=1S/C15H17BrFN3O2S/c16-10-3-4-13(17)12(8-10)14-19-20-15(23-14)18-5-7-21-9-11-2-1-6-22-11/h3-4,8,11H,1-2,5-7,9H2,(H,18,20). The fourth-order valence-electron chi connectivity index (χ4n) is 2.29. The number of halogens is 2. The van der Waals surface area contributed by atoms with Gasteiger partial charge in [-0.2, -0.15) is 0 Å². The Morgan fingerprint density at radius 3 is 3.17 bits per heavy atom. The van der Waals surface area contributed by atoms with E-state index < -0.39 is 0 Å². The van der Waals surface area contributed by atoms with Gasteiger partial charge in [-0.3, -0.25) is 0 Å². The van der Waals surface area contributed by atoms with Gasteiger partial charge in [0.15, 0.2) is 5.01 Å². The molecular formula is C15H17BrFN3O2S. The predicted octanol–water partition coefficient (Wildman–Crippen LogP) is 3.71. The highest BCUT2D eigenvalue weighted by Gasteiger charge is 2.15. The number of hydrogen-bond acceptors (Lipinski definition) is 6. The molecule has 2 aromatic rings. The van der Waals surface area contributed by atoms with E-state index in [0.717, 1.165) is 23.9 Å². The fraction of sp³-hybridized carbons (Fsp3) is 0.467. The Bertz CT molecular complexity index is 649. The summed E-state index contributed by atoms with van der Waals surface area (Å²) in [5, 5.41) is 12.4. The predicted molar refractivity (Wildman–Crippen MR) is 91.3 cm³/mol. The fourth-order valence-corrected chi connectivity index (χ4v) is 3.43. The summed E-state index contributed by atoms with van der Waals surface area (Å²) in [6.45, 7) is 2.67. The number of nitrogens with zero attached hydrogens (tertiary/aromatic N) is 2. The Hall–Kier alpha value is -1.09. The van der Waals surface area contributed by atoms with Crippen molar-refractivity contribution in [2.24, 2.45) is 0 Å². The molecule has 8 heteroatoms. The van der Waals surface area contributed by atoms with Crippen molar-refractivity contribution in [3.8, 4) is 10.6 Å². The van der Waals surface area contributed by atoms with Gasteiger partial charge in [-0.25, -0.2) is 4.39 Å². The molecule has 0 amide bonds. The lowest BCUT2D eigenvalue weighted by Gasteiger charge is -2.09. The summed E-state index contributed by atoms with van der Waals surface area (Å²) in [6, 6.07) is 4.77. The smallest absolute Gasteiger partial charge is 0.206 e. The highest BCUT2D eigenvalue weighted by molar-refractivity contribution is 9.10. The van der Waals surface area contributed by atoms with E-state index in [4.69, 9.17) is 9.47 Å². The molecule has 0 spiro atoms. The number of nitrogens with one attached hydrogen (secondary N) is 1. The van der Waals surface area contributed by atoms with Gasteiger partial charge in [-0.15, -0.1) is 10.2 Å². The van der Waals surface area contributed by atoms with Crippen LogP contribution in [-0.2, 0) is 9.47 Å². The summed E-state index contributed by atoms with van der Waals surface area (Å²) in [4.78, 5) is 0. The maximum absolute atomic E-state index is 13.8.